The van der Waals surface area contributed by atoms with Gasteiger partial charge in [0, 0.05) is 17.4 Å². The van der Waals surface area contributed by atoms with Gasteiger partial charge in [-0.3, -0.25) is 14.9 Å². The molecule has 0 saturated carbocycles. The lowest BCUT2D eigenvalue weighted by atomic mass is 9.87. The molecule has 1 fully saturated rings. The Kier molecular flexibility index (Phi) is 3.55. The number of carbonyl (C=O) groups is 2. The van der Waals surface area contributed by atoms with Crippen LogP contribution in [0.3, 0.4) is 0 Å². The molecule has 22 heavy (non-hydrogen) atoms. The van der Waals surface area contributed by atoms with E-state index in [2.05, 4.69) is 38.2 Å². The summed E-state index contributed by atoms with van der Waals surface area (Å²) in [6.07, 6.45) is 3.55. The predicted octanol–water partition coefficient (Wildman–Crippen LogP) is 3.54. The monoisotopic (exact) mass is 299 g/mol. The first-order chi connectivity index (χ1) is 10.3. The highest BCUT2D eigenvalue weighted by atomic mass is 16.3. The predicted molar refractivity (Wildman–Crippen MR) is 84.5 cm³/mol. The number of piperidine rings is 1. The van der Waals surface area contributed by atoms with Crippen LogP contribution in [0.25, 0.3) is 11.0 Å². The third-order valence-corrected chi connectivity index (χ3v) is 4.02. The van der Waals surface area contributed by atoms with Crippen molar-refractivity contribution in [3.8, 4) is 0 Å². The van der Waals surface area contributed by atoms with E-state index >= 15 is 0 Å². The Hall–Kier alpha value is -2.10. The summed E-state index contributed by atoms with van der Waals surface area (Å²) in [7, 11) is 0. The van der Waals surface area contributed by atoms with Crippen LogP contribution >= 0.6 is 0 Å². The van der Waals surface area contributed by atoms with Crippen LogP contribution in [0, 0.1) is 5.41 Å². The van der Waals surface area contributed by atoms with E-state index in [-0.39, 0.29) is 23.1 Å². The molecular formula is C18H21NO3. The first-order valence-corrected chi connectivity index (χ1v) is 7.67. The lowest BCUT2D eigenvalue weighted by molar-refractivity contribution is -0.134. The summed E-state index contributed by atoms with van der Waals surface area (Å²) >= 11 is 0. The topological polar surface area (TPSA) is 59.3 Å². The second-order valence-corrected chi connectivity index (χ2v) is 7.26. The molecule has 0 radical (unpaired) electrons. The molecule has 0 aliphatic carbocycles. The van der Waals surface area contributed by atoms with Crippen LogP contribution in [0.1, 0.15) is 50.7 Å². The van der Waals surface area contributed by atoms with Gasteiger partial charge in [-0.25, -0.2) is 0 Å². The number of nitrogens with one attached hydrogen (secondary N) is 1. The number of hydrogen-bond acceptors (Lipinski definition) is 3. The first-order valence-electron chi connectivity index (χ1n) is 7.67. The molecule has 0 spiro atoms. The SMILES string of the molecule is CC(C)(C)Cc1ccc2c(C3CCC(=O)NC3=O)coc2c1. The Morgan fingerprint density at radius 1 is 1.27 bits per heavy atom. The molecule has 2 heterocycles. The molecule has 1 atom stereocenters. The highest BCUT2D eigenvalue weighted by Gasteiger charge is 2.30. The number of hydrogen-bond donors (Lipinski definition) is 1. The summed E-state index contributed by atoms with van der Waals surface area (Å²) in [5, 5.41) is 3.37. The molecule has 1 aromatic carbocycles. The normalized spacial score (nSPS) is 19.5. The molecule has 1 N–H and O–H groups in total. The molecule has 4 heteroatoms. The maximum atomic E-state index is 12.0. The van der Waals surface area contributed by atoms with Gasteiger partial charge in [-0.05, 0) is 29.9 Å². The zero-order chi connectivity index (χ0) is 15.9. The summed E-state index contributed by atoms with van der Waals surface area (Å²) in [5.41, 5.74) is 3.13. The second kappa shape index (κ2) is 5.27. The number of benzene rings is 1. The molecule has 0 bridgehead atoms. The quantitative estimate of drug-likeness (QED) is 0.863. The fourth-order valence-corrected chi connectivity index (χ4v) is 3.08. The Labute approximate surface area is 129 Å². The molecule has 4 nitrogen and oxygen atoms in total. The van der Waals surface area contributed by atoms with Gasteiger partial charge in [-0.15, -0.1) is 0 Å². The zero-order valence-corrected chi connectivity index (χ0v) is 13.2. The molecule has 1 saturated heterocycles. The standard InChI is InChI=1S/C18H21NO3/c1-18(2,3)9-11-4-5-12-14(10-22-15(12)8-11)13-6-7-16(20)19-17(13)21/h4-5,8,10,13H,6-7,9H2,1-3H3,(H,19,20,21). The largest absolute Gasteiger partial charge is 0.464 e. The van der Waals surface area contributed by atoms with E-state index in [9.17, 15) is 9.59 Å². The van der Waals surface area contributed by atoms with Crippen LogP contribution < -0.4 is 5.32 Å². The van der Waals surface area contributed by atoms with Crippen molar-refractivity contribution in [2.24, 2.45) is 5.41 Å². The van der Waals surface area contributed by atoms with Crippen molar-refractivity contribution < 1.29 is 14.0 Å². The fraction of sp³-hybridized carbons (Fsp3) is 0.444. The maximum Gasteiger partial charge on any atom is 0.234 e. The van der Waals surface area contributed by atoms with Crippen molar-refractivity contribution in [1.82, 2.24) is 5.32 Å². The summed E-state index contributed by atoms with van der Waals surface area (Å²) in [6.45, 7) is 6.61. The average Bonchev–Trinajstić information content (AvgIpc) is 2.80. The lowest BCUT2D eigenvalue weighted by Crippen LogP contribution is -2.39. The van der Waals surface area contributed by atoms with Gasteiger partial charge >= 0.3 is 0 Å². The first kappa shape index (κ1) is 14.8. The molecule has 3 rings (SSSR count). The molecule has 1 aliphatic rings. The second-order valence-electron chi connectivity index (χ2n) is 7.26. The van der Waals surface area contributed by atoms with E-state index in [0.29, 0.717) is 12.8 Å². The molecule has 1 aromatic heterocycles. The van der Waals surface area contributed by atoms with E-state index < -0.39 is 0 Å². The van der Waals surface area contributed by atoms with Crippen molar-refractivity contribution in [2.45, 2.75) is 46.0 Å². The van der Waals surface area contributed by atoms with E-state index in [1.54, 1.807) is 6.26 Å². The van der Waals surface area contributed by atoms with Gasteiger partial charge in [-0.2, -0.15) is 0 Å². The van der Waals surface area contributed by atoms with Crippen LogP contribution in [0.15, 0.2) is 28.9 Å². The number of rotatable bonds is 2. The summed E-state index contributed by atoms with van der Waals surface area (Å²) in [4.78, 5) is 23.3. The zero-order valence-electron chi connectivity index (χ0n) is 13.2. The van der Waals surface area contributed by atoms with Gasteiger partial charge in [0.2, 0.25) is 11.8 Å². The maximum absolute atomic E-state index is 12.0. The molecule has 1 unspecified atom stereocenters. The van der Waals surface area contributed by atoms with Crippen LogP contribution in [-0.4, -0.2) is 11.8 Å². The van der Waals surface area contributed by atoms with Crippen molar-refractivity contribution in [1.29, 1.82) is 0 Å². The van der Waals surface area contributed by atoms with Gasteiger partial charge in [0.05, 0.1) is 12.2 Å². The lowest BCUT2D eigenvalue weighted by Gasteiger charge is -2.20. The fourth-order valence-electron chi connectivity index (χ4n) is 3.08. The smallest absolute Gasteiger partial charge is 0.234 e. The molecule has 116 valence electrons. The highest BCUT2D eigenvalue weighted by molar-refractivity contribution is 6.02. The van der Waals surface area contributed by atoms with E-state index in [1.807, 2.05) is 6.07 Å². The van der Waals surface area contributed by atoms with Gasteiger partial charge in [0.1, 0.15) is 5.58 Å². The van der Waals surface area contributed by atoms with Crippen LogP contribution in [0.4, 0.5) is 0 Å². The number of imide groups is 1. The van der Waals surface area contributed by atoms with E-state index in [0.717, 1.165) is 23.0 Å². The Morgan fingerprint density at radius 3 is 2.73 bits per heavy atom. The molecule has 2 aromatic rings. The average molecular weight is 299 g/mol. The Balaban J connectivity index is 1.93. The summed E-state index contributed by atoms with van der Waals surface area (Å²) in [6, 6.07) is 6.17. The summed E-state index contributed by atoms with van der Waals surface area (Å²) < 4.78 is 5.67. The van der Waals surface area contributed by atoms with Crippen LogP contribution in [-0.2, 0) is 16.0 Å². The Bertz CT molecular complexity index is 736. The van der Waals surface area contributed by atoms with Crippen molar-refractivity contribution in [3.05, 3.63) is 35.6 Å². The third kappa shape index (κ3) is 2.91. The van der Waals surface area contributed by atoms with Crippen molar-refractivity contribution >= 4 is 22.8 Å². The third-order valence-electron chi connectivity index (χ3n) is 4.02. The van der Waals surface area contributed by atoms with Gasteiger partial charge in [0.15, 0.2) is 0 Å². The minimum absolute atomic E-state index is 0.193. The van der Waals surface area contributed by atoms with Gasteiger partial charge in [-0.1, -0.05) is 32.9 Å². The highest BCUT2D eigenvalue weighted by Crippen LogP contribution is 2.33. The van der Waals surface area contributed by atoms with E-state index in [4.69, 9.17) is 4.42 Å². The Morgan fingerprint density at radius 2 is 2.05 bits per heavy atom. The van der Waals surface area contributed by atoms with E-state index in [1.165, 1.54) is 5.56 Å². The molecule has 1 aliphatic heterocycles. The minimum atomic E-state index is -0.299. The van der Waals surface area contributed by atoms with Crippen molar-refractivity contribution in [2.75, 3.05) is 0 Å². The number of amides is 2. The number of furan rings is 1. The molecular weight excluding hydrogens is 278 g/mol. The van der Waals surface area contributed by atoms with Gasteiger partial charge < -0.3 is 4.42 Å². The molecule has 2 amide bonds. The summed E-state index contributed by atoms with van der Waals surface area (Å²) in [5.74, 6) is -0.716. The minimum Gasteiger partial charge on any atom is -0.464 e. The van der Waals surface area contributed by atoms with Crippen LogP contribution in [0.2, 0.25) is 0 Å². The van der Waals surface area contributed by atoms with Gasteiger partial charge in [0.25, 0.3) is 0 Å². The van der Waals surface area contributed by atoms with Crippen LogP contribution in [0.5, 0.6) is 0 Å². The number of carbonyl (C=O) groups excluding carboxylic acids is 2. The number of fused-ring (bicyclic) bond motifs is 1. The van der Waals surface area contributed by atoms with Crippen molar-refractivity contribution in [3.63, 3.8) is 0 Å².